The number of imidazole rings is 1. The second-order valence-electron chi connectivity index (χ2n) is 14.4. The molecule has 1 heterocycles. The summed E-state index contributed by atoms with van der Waals surface area (Å²) in [5.74, 6) is 1.41. The van der Waals surface area contributed by atoms with Gasteiger partial charge in [-0.3, -0.25) is 4.57 Å². The molecule has 3 aliphatic carbocycles. The van der Waals surface area contributed by atoms with Gasteiger partial charge in [-0.25, -0.2) is 4.98 Å². The largest absolute Gasteiger partial charge is 0.292 e. The minimum absolute atomic E-state index is 0.453. The van der Waals surface area contributed by atoms with Gasteiger partial charge in [-0.05, 0) is 123 Å². The molecular formula is C51H40N2. The normalized spacial score (nSPS) is 17.0. The Balaban J connectivity index is 1.08. The van der Waals surface area contributed by atoms with E-state index in [4.69, 9.17) is 4.98 Å². The number of para-hydroxylation sites is 2. The number of hydrogen-bond acceptors (Lipinski definition) is 1. The molecule has 0 fully saturated rings. The monoisotopic (exact) mass is 680 g/mol. The minimum Gasteiger partial charge on any atom is -0.292 e. The average Bonchev–Trinajstić information content (AvgIpc) is 3.63. The third kappa shape index (κ3) is 5.63. The van der Waals surface area contributed by atoms with Gasteiger partial charge < -0.3 is 0 Å². The van der Waals surface area contributed by atoms with Crippen LogP contribution >= 0.6 is 0 Å². The lowest BCUT2D eigenvalue weighted by atomic mass is 9.82. The second kappa shape index (κ2) is 13.4. The molecule has 53 heavy (non-hydrogen) atoms. The molecule has 0 spiro atoms. The highest BCUT2D eigenvalue weighted by Gasteiger charge is 2.21. The Labute approximate surface area is 311 Å². The zero-order valence-corrected chi connectivity index (χ0v) is 29.8. The molecule has 1 aromatic heterocycles. The van der Waals surface area contributed by atoms with Crippen molar-refractivity contribution >= 4 is 43.7 Å². The zero-order chi connectivity index (χ0) is 35.1. The summed E-state index contributed by atoms with van der Waals surface area (Å²) >= 11 is 0. The van der Waals surface area contributed by atoms with Gasteiger partial charge >= 0.3 is 0 Å². The molecule has 0 radical (unpaired) electrons. The molecule has 0 saturated carbocycles. The van der Waals surface area contributed by atoms with E-state index in [-0.39, 0.29) is 0 Å². The van der Waals surface area contributed by atoms with Crippen molar-refractivity contribution in [3.05, 3.63) is 193 Å². The van der Waals surface area contributed by atoms with Crippen LogP contribution in [0.4, 0.5) is 0 Å². The van der Waals surface area contributed by atoms with Gasteiger partial charge in [0.1, 0.15) is 5.82 Å². The molecule has 2 heteroatoms. The quantitative estimate of drug-likeness (QED) is 0.160. The maximum atomic E-state index is 5.21. The van der Waals surface area contributed by atoms with Crippen molar-refractivity contribution in [1.29, 1.82) is 0 Å². The third-order valence-corrected chi connectivity index (χ3v) is 11.3. The van der Waals surface area contributed by atoms with Crippen LogP contribution < -0.4 is 0 Å². The van der Waals surface area contributed by atoms with E-state index < -0.39 is 0 Å². The molecule has 254 valence electrons. The highest BCUT2D eigenvalue weighted by molar-refractivity contribution is 6.19. The van der Waals surface area contributed by atoms with Crippen LogP contribution in [0.25, 0.3) is 71.9 Å². The molecule has 1 atom stereocenters. The Morgan fingerprint density at radius 1 is 0.585 bits per heavy atom. The lowest BCUT2D eigenvalue weighted by Gasteiger charge is -2.22. The van der Waals surface area contributed by atoms with Crippen molar-refractivity contribution in [2.45, 2.75) is 32.1 Å². The van der Waals surface area contributed by atoms with Crippen molar-refractivity contribution in [3.8, 4) is 28.2 Å². The van der Waals surface area contributed by atoms with Crippen LogP contribution in [0, 0.1) is 5.92 Å². The highest BCUT2D eigenvalue weighted by atomic mass is 15.1. The molecule has 10 rings (SSSR count). The maximum Gasteiger partial charge on any atom is 0.145 e. The maximum absolute atomic E-state index is 5.21. The molecule has 0 N–H and O–H groups in total. The Hall–Kier alpha value is -6.25. The summed E-state index contributed by atoms with van der Waals surface area (Å²) in [5.41, 5.74) is 13.5. The van der Waals surface area contributed by atoms with Crippen molar-refractivity contribution in [2.24, 2.45) is 5.92 Å². The molecular weight excluding hydrogens is 641 g/mol. The first-order valence-corrected chi connectivity index (χ1v) is 19.0. The van der Waals surface area contributed by atoms with Gasteiger partial charge in [-0.2, -0.15) is 0 Å². The van der Waals surface area contributed by atoms with Gasteiger partial charge in [0.15, 0.2) is 0 Å². The van der Waals surface area contributed by atoms with Crippen LogP contribution in [0.5, 0.6) is 0 Å². The molecule has 3 aliphatic rings. The van der Waals surface area contributed by atoms with Crippen LogP contribution in [0.15, 0.2) is 182 Å². The smallest absolute Gasteiger partial charge is 0.145 e. The Morgan fingerprint density at radius 3 is 2.02 bits per heavy atom. The van der Waals surface area contributed by atoms with Crippen molar-refractivity contribution < 1.29 is 0 Å². The highest BCUT2D eigenvalue weighted by Crippen LogP contribution is 2.44. The van der Waals surface area contributed by atoms with Crippen LogP contribution in [-0.4, -0.2) is 9.55 Å². The van der Waals surface area contributed by atoms with Gasteiger partial charge in [0, 0.05) is 17.2 Å². The van der Waals surface area contributed by atoms with E-state index in [0.717, 1.165) is 60.2 Å². The first-order chi connectivity index (χ1) is 26.3. The van der Waals surface area contributed by atoms with Gasteiger partial charge in [-0.1, -0.05) is 146 Å². The number of rotatable bonds is 6. The Kier molecular flexibility index (Phi) is 7.95. The Bertz CT molecular complexity index is 2690. The summed E-state index contributed by atoms with van der Waals surface area (Å²) < 4.78 is 2.32. The number of aromatic nitrogens is 2. The standard InChI is InChI=1S/C51H40N2/c1-3-14-35(15-4-1)37-26-28-38(29-27-37)49-43-20-7-9-22-45(43)50(46-23-10-8-21-44(46)49)39-30-32-42(33-31-39)53-48-25-12-11-24-47(48)52-51(53)41-19-13-18-40(34-41)36-16-5-2-6-17-36/h2-3,5,7-16,18-26,28-34,37H,1,4,6,17,27H2. The van der Waals surface area contributed by atoms with Crippen LogP contribution in [0.2, 0.25) is 0 Å². The van der Waals surface area contributed by atoms with Crippen molar-refractivity contribution in [3.63, 3.8) is 0 Å². The van der Waals surface area contributed by atoms with E-state index in [1.165, 1.54) is 60.5 Å². The number of hydrogen-bond donors (Lipinski definition) is 0. The fourth-order valence-electron chi connectivity index (χ4n) is 8.67. The van der Waals surface area contributed by atoms with Gasteiger partial charge in [0.2, 0.25) is 0 Å². The summed E-state index contributed by atoms with van der Waals surface area (Å²) in [6.45, 7) is 0. The van der Waals surface area contributed by atoms with Gasteiger partial charge in [0.05, 0.1) is 11.0 Å². The summed E-state index contributed by atoms with van der Waals surface area (Å²) in [6.07, 6.45) is 26.4. The predicted molar refractivity (Wildman–Crippen MR) is 225 cm³/mol. The molecule has 2 nitrogen and oxygen atoms in total. The molecule has 6 aromatic carbocycles. The van der Waals surface area contributed by atoms with Crippen LogP contribution in [-0.2, 0) is 0 Å². The molecule has 0 aliphatic heterocycles. The van der Waals surface area contributed by atoms with E-state index in [9.17, 15) is 0 Å². The summed E-state index contributed by atoms with van der Waals surface area (Å²) in [4.78, 5) is 5.21. The van der Waals surface area contributed by atoms with E-state index in [0.29, 0.717) is 5.92 Å². The number of allylic oxidation sites excluding steroid dienone is 12. The second-order valence-corrected chi connectivity index (χ2v) is 14.4. The molecule has 1 unspecified atom stereocenters. The SMILES string of the molecule is C1=CCCC(c2cccc(-c3nc4ccccc4n3-c3ccc(-c4c5ccccc5c(C5=CCC(C6=CCCC=C6)C=C5)c5ccccc45)cc3)c2)=C1. The average molecular weight is 681 g/mol. The third-order valence-electron chi connectivity index (χ3n) is 11.3. The van der Waals surface area contributed by atoms with E-state index in [1.807, 2.05) is 0 Å². The van der Waals surface area contributed by atoms with Gasteiger partial charge in [-0.15, -0.1) is 0 Å². The lowest BCUT2D eigenvalue weighted by Crippen LogP contribution is -2.04. The zero-order valence-electron chi connectivity index (χ0n) is 29.8. The predicted octanol–water partition coefficient (Wildman–Crippen LogP) is 13.6. The first-order valence-electron chi connectivity index (χ1n) is 19.0. The van der Waals surface area contributed by atoms with Gasteiger partial charge in [0.25, 0.3) is 0 Å². The summed E-state index contributed by atoms with van der Waals surface area (Å²) in [5, 5.41) is 5.15. The van der Waals surface area contributed by atoms with Crippen LogP contribution in [0.1, 0.15) is 43.2 Å². The summed E-state index contributed by atoms with van der Waals surface area (Å²) in [6, 6.07) is 44.4. The number of nitrogens with zero attached hydrogens (tertiary/aromatic N) is 2. The Morgan fingerprint density at radius 2 is 1.32 bits per heavy atom. The van der Waals surface area contributed by atoms with Crippen molar-refractivity contribution in [1.82, 2.24) is 9.55 Å². The fraction of sp³-hybridized carbons (Fsp3) is 0.118. The van der Waals surface area contributed by atoms with Crippen LogP contribution in [0.3, 0.4) is 0 Å². The first kappa shape index (κ1) is 31.5. The molecule has 7 aromatic rings. The van der Waals surface area contributed by atoms with E-state index in [2.05, 4.69) is 181 Å². The number of fused-ring (bicyclic) bond motifs is 3. The minimum atomic E-state index is 0.453. The lowest BCUT2D eigenvalue weighted by molar-refractivity contribution is 0.773. The fourth-order valence-corrected chi connectivity index (χ4v) is 8.67. The number of benzene rings is 6. The topological polar surface area (TPSA) is 17.8 Å². The molecule has 0 bridgehead atoms. The summed E-state index contributed by atoms with van der Waals surface area (Å²) in [7, 11) is 0. The van der Waals surface area contributed by atoms with Crippen molar-refractivity contribution in [2.75, 3.05) is 0 Å². The molecule has 0 amide bonds. The van der Waals surface area contributed by atoms with E-state index in [1.54, 1.807) is 0 Å². The molecule has 0 saturated heterocycles. The van der Waals surface area contributed by atoms with E-state index >= 15 is 0 Å².